The number of pyridine rings is 1. The quantitative estimate of drug-likeness (QED) is 0.863. The van der Waals surface area contributed by atoms with Crippen molar-refractivity contribution in [3.8, 4) is 0 Å². The Kier molecular flexibility index (Phi) is 4.47. The molecule has 1 aromatic rings. The predicted molar refractivity (Wildman–Crippen MR) is 67.9 cm³/mol. The molecule has 0 amide bonds. The van der Waals surface area contributed by atoms with Crippen molar-refractivity contribution in [2.45, 2.75) is 25.2 Å². The number of hydrogen-bond acceptors (Lipinski definition) is 4. The summed E-state index contributed by atoms with van der Waals surface area (Å²) in [5.74, 6) is 0.313. The third kappa shape index (κ3) is 3.17. The Bertz CT molecular complexity index is 473. The zero-order valence-corrected chi connectivity index (χ0v) is 11.2. The molecule has 0 aliphatic heterocycles. The molecule has 96 valence electrons. The highest BCUT2D eigenvalue weighted by atomic mass is 32.2. The van der Waals surface area contributed by atoms with Gasteiger partial charge in [0, 0.05) is 26.0 Å². The van der Waals surface area contributed by atoms with Crippen LogP contribution < -0.4 is 5.73 Å². The molecule has 0 saturated carbocycles. The van der Waals surface area contributed by atoms with Crippen LogP contribution in [0.4, 0.5) is 5.69 Å². The van der Waals surface area contributed by atoms with E-state index in [9.17, 15) is 8.42 Å². The van der Waals surface area contributed by atoms with Gasteiger partial charge in [0.15, 0.2) is 0 Å². The summed E-state index contributed by atoms with van der Waals surface area (Å²) in [5.41, 5.74) is 5.89. The molecule has 2 N–H and O–H groups in total. The summed E-state index contributed by atoms with van der Waals surface area (Å²) in [6.45, 7) is 4.52. The number of nitrogen functional groups attached to an aromatic ring is 1. The lowest BCUT2D eigenvalue weighted by Gasteiger charge is -2.20. The number of nitrogens with two attached hydrogens (primary N) is 1. The molecule has 0 aromatic carbocycles. The molecule has 0 bridgehead atoms. The van der Waals surface area contributed by atoms with Crippen LogP contribution in [0, 0.1) is 5.92 Å². The minimum atomic E-state index is -3.53. The number of nitrogens with zero attached hydrogens (tertiary/aromatic N) is 2. The minimum Gasteiger partial charge on any atom is -0.398 e. The third-order valence-electron chi connectivity index (χ3n) is 2.77. The first-order valence-electron chi connectivity index (χ1n) is 5.55. The highest BCUT2D eigenvalue weighted by Crippen LogP contribution is 2.20. The molecule has 0 aliphatic rings. The Hall–Kier alpha value is -1.14. The van der Waals surface area contributed by atoms with Crippen LogP contribution in [0.1, 0.15) is 20.3 Å². The third-order valence-corrected chi connectivity index (χ3v) is 4.64. The highest BCUT2D eigenvalue weighted by molar-refractivity contribution is 7.89. The number of sulfonamides is 1. The van der Waals surface area contributed by atoms with Gasteiger partial charge in [0.2, 0.25) is 10.0 Å². The Balaban J connectivity index is 3.00. The van der Waals surface area contributed by atoms with Crippen molar-refractivity contribution in [1.29, 1.82) is 0 Å². The second-order valence-corrected chi connectivity index (χ2v) is 6.23. The minimum absolute atomic E-state index is 0.0748. The van der Waals surface area contributed by atoms with Crippen LogP contribution in [-0.4, -0.2) is 31.3 Å². The van der Waals surface area contributed by atoms with Crippen LogP contribution in [-0.2, 0) is 10.0 Å². The van der Waals surface area contributed by atoms with E-state index in [-0.39, 0.29) is 10.6 Å². The Morgan fingerprint density at radius 1 is 1.53 bits per heavy atom. The molecule has 0 fully saturated rings. The van der Waals surface area contributed by atoms with Crippen molar-refractivity contribution >= 4 is 15.7 Å². The maximum atomic E-state index is 12.2. The fraction of sp³-hybridized carbons (Fsp3) is 0.545. The van der Waals surface area contributed by atoms with E-state index >= 15 is 0 Å². The molecule has 0 spiro atoms. The Morgan fingerprint density at radius 3 is 2.71 bits per heavy atom. The summed E-state index contributed by atoms with van der Waals surface area (Å²) in [6, 6.07) is 1.49. The summed E-state index contributed by atoms with van der Waals surface area (Å²) < 4.78 is 25.7. The van der Waals surface area contributed by atoms with Crippen LogP contribution in [0.5, 0.6) is 0 Å². The average molecular weight is 257 g/mol. The molecule has 0 aliphatic carbocycles. The van der Waals surface area contributed by atoms with Gasteiger partial charge in [-0.3, -0.25) is 4.98 Å². The summed E-state index contributed by atoms with van der Waals surface area (Å²) in [6.07, 6.45) is 3.70. The smallest absolute Gasteiger partial charge is 0.246 e. The molecule has 1 atom stereocenters. The van der Waals surface area contributed by atoms with Gasteiger partial charge < -0.3 is 5.73 Å². The van der Waals surface area contributed by atoms with Gasteiger partial charge in [-0.1, -0.05) is 20.3 Å². The van der Waals surface area contributed by atoms with E-state index in [1.807, 2.05) is 13.8 Å². The maximum absolute atomic E-state index is 12.2. The molecule has 1 aromatic heterocycles. The van der Waals surface area contributed by atoms with Crippen molar-refractivity contribution in [3.05, 3.63) is 18.5 Å². The van der Waals surface area contributed by atoms with Gasteiger partial charge >= 0.3 is 0 Å². The van der Waals surface area contributed by atoms with Gasteiger partial charge in [0.25, 0.3) is 0 Å². The lowest BCUT2D eigenvalue weighted by molar-refractivity contribution is 0.393. The van der Waals surface area contributed by atoms with E-state index in [2.05, 4.69) is 4.98 Å². The van der Waals surface area contributed by atoms with Crippen LogP contribution in [0.15, 0.2) is 23.4 Å². The standard InChI is InChI=1S/C11H19N3O2S/c1-4-9(2)8-14(3)17(15,16)11-7-13-6-5-10(11)12/h5-7,9H,4,8H2,1-3H3,(H2,12,13). The van der Waals surface area contributed by atoms with E-state index in [1.165, 1.54) is 22.8 Å². The number of hydrogen-bond donors (Lipinski definition) is 1. The average Bonchev–Trinajstić information content (AvgIpc) is 2.29. The van der Waals surface area contributed by atoms with Crippen molar-refractivity contribution < 1.29 is 8.42 Å². The largest absolute Gasteiger partial charge is 0.398 e. The van der Waals surface area contributed by atoms with Crippen LogP contribution in [0.25, 0.3) is 0 Å². The number of anilines is 1. The first-order valence-corrected chi connectivity index (χ1v) is 6.99. The molecule has 0 saturated heterocycles. The molecule has 17 heavy (non-hydrogen) atoms. The summed E-state index contributed by atoms with van der Waals surface area (Å²) in [4.78, 5) is 3.88. The number of rotatable bonds is 5. The fourth-order valence-electron chi connectivity index (χ4n) is 1.44. The monoisotopic (exact) mass is 257 g/mol. The summed E-state index contributed by atoms with van der Waals surface area (Å²) >= 11 is 0. The molecule has 0 radical (unpaired) electrons. The van der Waals surface area contributed by atoms with Gasteiger partial charge in [-0.05, 0) is 12.0 Å². The topological polar surface area (TPSA) is 76.3 Å². The lowest BCUT2D eigenvalue weighted by Crippen LogP contribution is -2.31. The van der Waals surface area contributed by atoms with E-state index < -0.39 is 10.0 Å². The van der Waals surface area contributed by atoms with Gasteiger partial charge in [-0.2, -0.15) is 0 Å². The summed E-state index contributed by atoms with van der Waals surface area (Å²) in [7, 11) is -1.97. The van der Waals surface area contributed by atoms with Gasteiger partial charge in [0.1, 0.15) is 4.90 Å². The molecule has 1 rings (SSSR count). The van der Waals surface area contributed by atoms with E-state index in [1.54, 1.807) is 7.05 Å². The van der Waals surface area contributed by atoms with E-state index in [0.29, 0.717) is 12.5 Å². The Labute approximate surface area is 103 Å². The van der Waals surface area contributed by atoms with Crippen LogP contribution in [0.3, 0.4) is 0 Å². The predicted octanol–water partition coefficient (Wildman–Crippen LogP) is 1.33. The van der Waals surface area contributed by atoms with E-state index in [0.717, 1.165) is 6.42 Å². The van der Waals surface area contributed by atoms with Crippen molar-refractivity contribution in [2.75, 3.05) is 19.3 Å². The lowest BCUT2D eigenvalue weighted by atomic mass is 10.1. The fourth-order valence-corrected chi connectivity index (χ4v) is 2.79. The van der Waals surface area contributed by atoms with Crippen LogP contribution >= 0.6 is 0 Å². The molecule has 1 heterocycles. The molecular weight excluding hydrogens is 238 g/mol. The normalized spacial score (nSPS) is 13.9. The van der Waals surface area contributed by atoms with Gasteiger partial charge in [-0.15, -0.1) is 0 Å². The number of aromatic nitrogens is 1. The zero-order chi connectivity index (χ0) is 13.1. The second kappa shape index (κ2) is 5.46. The molecular formula is C11H19N3O2S. The zero-order valence-electron chi connectivity index (χ0n) is 10.4. The van der Waals surface area contributed by atoms with Gasteiger partial charge in [-0.25, -0.2) is 12.7 Å². The Morgan fingerprint density at radius 2 is 2.18 bits per heavy atom. The first kappa shape index (κ1) is 13.9. The van der Waals surface area contributed by atoms with Crippen molar-refractivity contribution in [1.82, 2.24) is 9.29 Å². The summed E-state index contributed by atoms with van der Waals surface area (Å²) in [5, 5.41) is 0. The highest BCUT2D eigenvalue weighted by Gasteiger charge is 2.24. The molecule has 1 unspecified atom stereocenters. The maximum Gasteiger partial charge on any atom is 0.246 e. The van der Waals surface area contributed by atoms with E-state index in [4.69, 9.17) is 5.73 Å². The van der Waals surface area contributed by atoms with Crippen LogP contribution in [0.2, 0.25) is 0 Å². The van der Waals surface area contributed by atoms with Crippen molar-refractivity contribution in [2.24, 2.45) is 5.92 Å². The van der Waals surface area contributed by atoms with Gasteiger partial charge in [0.05, 0.1) is 5.69 Å². The first-order chi connectivity index (χ1) is 7.89. The molecule has 5 nitrogen and oxygen atoms in total. The SMILES string of the molecule is CCC(C)CN(C)S(=O)(=O)c1cnccc1N. The van der Waals surface area contributed by atoms with Crippen molar-refractivity contribution in [3.63, 3.8) is 0 Å². The molecule has 6 heteroatoms. The second-order valence-electron chi connectivity index (χ2n) is 4.21.